The van der Waals surface area contributed by atoms with Gasteiger partial charge in [0.25, 0.3) is 0 Å². The molecule has 1 rings (SSSR count). The maximum absolute atomic E-state index is 6.15. The number of nitrogens with one attached hydrogen (secondary N) is 2. The number of rotatable bonds is 12. The first-order valence-corrected chi connectivity index (χ1v) is 9.00. The van der Waals surface area contributed by atoms with Gasteiger partial charge in [-0.2, -0.15) is 0 Å². The van der Waals surface area contributed by atoms with Gasteiger partial charge in [0.1, 0.15) is 0 Å². The van der Waals surface area contributed by atoms with Crippen LogP contribution in [-0.4, -0.2) is 24.7 Å². The molecule has 2 unspecified atom stereocenters. The van der Waals surface area contributed by atoms with Crippen molar-refractivity contribution in [2.45, 2.75) is 71.1 Å². The second-order valence-corrected chi connectivity index (χ2v) is 6.88. The fourth-order valence-electron chi connectivity index (χ4n) is 2.28. The third-order valence-electron chi connectivity index (χ3n) is 4.58. The van der Waals surface area contributed by atoms with Crippen LogP contribution in [0.1, 0.15) is 57.6 Å². The molecule has 0 aromatic heterocycles. The maximum Gasteiger partial charge on any atom is 0.0205 e. The van der Waals surface area contributed by atoms with Gasteiger partial charge in [0.15, 0.2) is 0 Å². The lowest BCUT2D eigenvalue weighted by Crippen LogP contribution is -2.38. The molecule has 0 heterocycles. The number of hydrogen-bond donors (Lipinski definition) is 4. The minimum absolute atomic E-state index is 0.0527. The lowest BCUT2D eigenvalue weighted by atomic mass is 9.96. The summed E-state index contributed by atoms with van der Waals surface area (Å²) in [5.74, 6) is 0. The molecule has 0 spiro atoms. The Morgan fingerprint density at radius 2 is 1.52 bits per heavy atom. The van der Waals surface area contributed by atoms with E-state index in [9.17, 15) is 0 Å². The molecule has 1 aromatic carbocycles. The third-order valence-corrected chi connectivity index (χ3v) is 4.58. The van der Waals surface area contributed by atoms with Crippen molar-refractivity contribution in [2.75, 3.05) is 13.1 Å². The molecule has 4 heteroatoms. The highest BCUT2D eigenvalue weighted by molar-refractivity contribution is 5.22. The summed E-state index contributed by atoms with van der Waals surface area (Å²) in [7, 11) is 0. The third kappa shape index (κ3) is 9.06. The van der Waals surface area contributed by atoms with Crippen LogP contribution < -0.4 is 22.1 Å². The topological polar surface area (TPSA) is 76.1 Å². The van der Waals surface area contributed by atoms with E-state index in [1.54, 1.807) is 0 Å². The van der Waals surface area contributed by atoms with Gasteiger partial charge in [-0.3, -0.25) is 0 Å². The number of hydrogen-bond acceptors (Lipinski definition) is 4. The maximum atomic E-state index is 6.15. The van der Waals surface area contributed by atoms with E-state index in [4.69, 9.17) is 11.5 Å². The minimum atomic E-state index is -0.0527. The van der Waals surface area contributed by atoms with Crippen LogP contribution in [0.4, 0.5) is 0 Å². The molecule has 4 nitrogen and oxygen atoms in total. The van der Waals surface area contributed by atoms with E-state index >= 15 is 0 Å². The Balaban J connectivity index is 2.20. The zero-order valence-electron chi connectivity index (χ0n) is 15.2. The largest absolute Gasteiger partial charge is 0.328 e. The van der Waals surface area contributed by atoms with Crippen LogP contribution in [0.3, 0.4) is 0 Å². The molecule has 0 saturated carbocycles. The minimum Gasteiger partial charge on any atom is -0.328 e. The molecule has 6 N–H and O–H groups in total. The van der Waals surface area contributed by atoms with Gasteiger partial charge in [-0.25, -0.2) is 0 Å². The van der Waals surface area contributed by atoms with E-state index in [0.29, 0.717) is 6.04 Å². The van der Waals surface area contributed by atoms with Gasteiger partial charge in [0, 0.05) is 24.7 Å². The summed E-state index contributed by atoms with van der Waals surface area (Å²) in [5.41, 5.74) is 14.6. The molecule has 0 radical (unpaired) electrons. The van der Waals surface area contributed by atoms with Crippen LogP contribution in [0.15, 0.2) is 24.3 Å². The van der Waals surface area contributed by atoms with Gasteiger partial charge >= 0.3 is 0 Å². The summed E-state index contributed by atoms with van der Waals surface area (Å²) in [6, 6.07) is 9.11. The van der Waals surface area contributed by atoms with Crippen LogP contribution in [-0.2, 0) is 13.1 Å². The average Bonchev–Trinajstić information content (AvgIpc) is 2.56. The van der Waals surface area contributed by atoms with Crippen molar-refractivity contribution in [1.29, 1.82) is 0 Å². The Kier molecular flexibility index (Phi) is 9.41. The molecule has 23 heavy (non-hydrogen) atoms. The summed E-state index contributed by atoms with van der Waals surface area (Å²) in [6.07, 6.45) is 4.10. The summed E-state index contributed by atoms with van der Waals surface area (Å²) in [4.78, 5) is 0. The first-order valence-electron chi connectivity index (χ1n) is 9.00. The summed E-state index contributed by atoms with van der Waals surface area (Å²) >= 11 is 0. The smallest absolute Gasteiger partial charge is 0.0205 e. The van der Waals surface area contributed by atoms with Crippen molar-refractivity contribution in [1.82, 2.24) is 10.6 Å². The molecule has 0 aliphatic rings. The predicted molar refractivity (Wildman–Crippen MR) is 100 cm³/mol. The van der Waals surface area contributed by atoms with Gasteiger partial charge in [0.05, 0.1) is 0 Å². The van der Waals surface area contributed by atoms with Crippen molar-refractivity contribution >= 4 is 0 Å². The summed E-state index contributed by atoms with van der Waals surface area (Å²) in [6.45, 7) is 10.1. The highest BCUT2D eigenvalue weighted by Crippen LogP contribution is 2.09. The molecule has 0 fully saturated rings. The van der Waals surface area contributed by atoms with Gasteiger partial charge < -0.3 is 22.1 Å². The average molecular weight is 321 g/mol. The zero-order chi connectivity index (χ0) is 17.1. The number of benzene rings is 1. The van der Waals surface area contributed by atoms with Crippen LogP contribution in [0.2, 0.25) is 0 Å². The van der Waals surface area contributed by atoms with E-state index in [2.05, 4.69) is 55.7 Å². The van der Waals surface area contributed by atoms with E-state index in [1.165, 1.54) is 11.1 Å². The lowest BCUT2D eigenvalue weighted by molar-refractivity contribution is 0.405. The molecule has 2 atom stereocenters. The fraction of sp³-hybridized carbons (Fsp3) is 0.684. The van der Waals surface area contributed by atoms with Gasteiger partial charge in [-0.1, -0.05) is 38.1 Å². The number of nitrogens with two attached hydrogens (primary N) is 2. The molecule has 1 aromatic rings. The Bertz CT molecular complexity index is 414. The van der Waals surface area contributed by atoms with E-state index < -0.39 is 0 Å². The van der Waals surface area contributed by atoms with Crippen LogP contribution in [0.5, 0.6) is 0 Å². The normalized spacial score (nSPS) is 15.3. The fourth-order valence-corrected chi connectivity index (χ4v) is 2.28. The summed E-state index contributed by atoms with van der Waals surface area (Å²) in [5, 5.41) is 6.93. The van der Waals surface area contributed by atoms with Crippen molar-refractivity contribution in [2.24, 2.45) is 11.5 Å². The van der Waals surface area contributed by atoms with Crippen molar-refractivity contribution < 1.29 is 0 Å². The molecule has 0 aliphatic heterocycles. The second kappa shape index (κ2) is 10.8. The standard InChI is InChI=1S/C19H36N4/c1-4-18(20)10-12-22-14-16-6-8-17(9-7-16)15-23-13-11-19(3,21)5-2/h6-9,18,22-23H,4-5,10-15,20-21H2,1-3H3. The van der Waals surface area contributed by atoms with Crippen molar-refractivity contribution in [3.63, 3.8) is 0 Å². The summed E-state index contributed by atoms with van der Waals surface area (Å²) < 4.78 is 0. The van der Waals surface area contributed by atoms with Crippen LogP contribution >= 0.6 is 0 Å². The second-order valence-electron chi connectivity index (χ2n) is 6.88. The van der Waals surface area contributed by atoms with Crippen LogP contribution in [0, 0.1) is 0 Å². The van der Waals surface area contributed by atoms with E-state index in [0.717, 1.165) is 51.9 Å². The molecule has 0 saturated heterocycles. The van der Waals surface area contributed by atoms with Gasteiger partial charge in [-0.05, 0) is 56.8 Å². The Morgan fingerprint density at radius 1 is 1.00 bits per heavy atom. The Labute approximate surface area is 142 Å². The van der Waals surface area contributed by atoms with Crippen molar-refractivity contribution in [3.05, 3.63) is 35.4 Å². The quantitative estimate of drug-likeness (QED) is 0.446. The highest BCUT2D eigenvalue weighted by Gasteiger charge is 2.14. The van der Waals surface area contributed by atoms with E-state index in [1.807, 2.05) is 0 Å². The molecular weight excluding hydrogens is 284 g/mol. The first-order chi connectivity index (χ1) is 11.0. The first kappa shape index (κ1) is 20.1. The van der Waals surface area contributed by atoms with Gasteiger partial charge in [-0.15, -0.1) is 0 Å². The zero-order valence-corrected chi connectivity index (χ0v) is 15.2. The van der Waals surface area contributed by atoms with Gasteiger partial charge in [0.2, 0.25) is 0 Å². The monoisotopic (exact) mass is 320 g/mol. The molecule has 0 bridgehead atoms. The highest BCUT2D eigenvalue weighted by atomic mass is 14.9. The molecule has 0 aliphatic carbocycles. The molecule has 0 amide bonds. The molecule has 132 valence electrons. The van der Waals surface area contributed by atoms with Crippen molar-refractivity contribution in [3.8, 4) is 0 Å². The SMILES string of the molecule is CCC(N)CCNCc1ccc(CNCCC(C)(N)CC)cc1. The Hall–Kier alpha value is -0.940. The molecular formula is C19H36N4. The van der Waals surface area contributed by atoms with Crippen LogP contribution in [0.25, 0.3) is 0 Å². The lowest BCUT2D eigenvalue weighted by Gasteiger charge is -2.22. The Morgan fingerprint density at radius 3 is 2.00 bits per heavy atom. The predicted octanol–water partition coefficient (Wildman–Crippen LogP) is 2.51. The van der Waals surface area contributed by atoms with E-state index in [-0.39, 0.29) is 5.54 Å².